The van der Waals surface area contributed by atoms with Gasteiger partial charge in [0.05, 0.1) is 5.56 Å². The lowest BCUT2D eigenvalue weighted by Gasteiger charge is -2.06. The van der Waals surface area contributed by atoms with Gasteiger partial charge in [0.1, 0.15) is 11.3 Å². The molecule has 1 heterocycles. The number of hydrogen-bond donors (Lipinski definition) is 1. The van der Waals surface area contributed by atoms with Gasteiger partial charge in [-0.1, -0.05) is 12.1 Å². The van der Waals surface area contributed by atoms with Gasteiger partial charge < -0.3 is 10.2 Å². The average molecular weight is 243 g/mol. The highest BCUT2D eigenvalue weighted by atomic mass is 19.4. The van der Waals surface area contributed by atoms with Crippen LogP contribution in [0.5, 0.6) is 0 Å². The molecule has 2 nitrogen and oxygen atoms in total. The second-order valence-electron chi connectivity index (χ2n) is 4.12. The molecule has 5 heteroatoms. The lowest BCUT2D eigenvalue weighted by molar-refractivity contribution is -0.136. The van der Waals surface area contributed by atoms with Crippen LogP contribution in [0.15, 0.2) is 28.7 Å². The Labute approximate surface area is 96.2 Å². The Hall–Kier alpha value is -1.49. The van der Waals surface area contributed by atoms with E-state index in [1.54, 1.807) is 19.1 Å². The average Bonchev–Trinajstić information content (AvgIpc) is 2.55. The number of rotatable bonds is 2. The van der Waals surface area contributed by atoms with E-state index < -0.39 is 11.7 Å². The van der Waals surface area contributed by atoms with Gasteiger partial charge in [-0.05, 0) is 19.1 Å². The Kier molecular flexibility index (Phi) is 2.87. The van der Waals surface area contributed by atoms with Crippen molar-refractivity contribution in [1.29, 1.82) is 0 Å². The van der Waals surface area contributed by atoms with Gasteiger partial charge in [-0.2, -0.15) is 13.2 Å². The van der Waals surface area contributed by atoms with Crippen molar-refractivity contribution in [3.8, 4) is 0 Å². The SMILES string of the molecule is CC(N)Cc1cc2cccc(C(F)(F)F)c2o1. The standard InChI is InChI=1S/C12H12F3NO/c1-7(16)5-9-6-8-3-2-4-10(11(8)17-9)12(13,14)15/h2-4,6-7H,5,16H2,1H3. The summed E-state index contributed by atoms with van der Waals surface area (Å²) in [6.45, 7) is 1.78. The lowest BCUT2D eigenvalue weighted by atomic mass is 10.1. The van der Waals surface area contributed by atoms with Crippen molar-refractivity contribution in [3.05, 3.63) is 35.6 Å². The van der Waals surface area contributed by atoms with E-state index in [1.807, 2.05) is 0 Å². The summed E-state index contributed by atoms with van der Waals surface area (Å²) in [4.78, 5) is 0. The molecule has 0 spiro atoms. The topological polar surface area (TPSA) is 39.2 Å². The van der Waals surface area contributed by atoms with Gasteiger partial charge in [-0.3, -0.25) is 0 Å². The number of fused-ring (bicyclic) bond motifs is 1. The minimum Gasteiger partial charge on any atom is -0.460 e. The molecular weight excluding hydrogens is 231 g/mol. The molecule has 92 valence electrons. The van der Waals surface area contributed by atoms with Gasteiger partial charge in [0, 0.05) is 17.8 Å². The Balaban J connectivity index is 2.53. The highest BCUT2D eigenvalue weighted by Gasteiger charge is 2.34. The van der Waals surface area contributed by atoms with Crippen molar-refractivity contribution in [2.75, 3.05) is 0 Å². The van der Waals surface area contributed by atoms with Gasteiger partial charge in [0.25, 0.3) is 0 Å². The number of hydrogen-bond acceptors (Lipinski definition) is 2. The second-order valence-corrected chi connectivity index (χ2v) is 4.12. The molecule has 0 aliphatic carbocycles. The zero-order valence-corrected chi connectivity index (χ0v) is 9.21. The number of nitrogens with two attached hydrogens (primary N) is 1. The first-order valence-corrected chi connectivity index (χ1v) is 5.22. The van der Waals surface area contributed by atoms with Crippen molar-refractivity contribution in [1.82, 2.24) is 0 Å². The van der Waals surface area contributed by atoms with Gasteiger partial charge >= 0.3 is 6.18 Å². The molecule has 2 aromatic rings. The van der Waals surface area contributed by atoms with E-state index in [1.165, 1.54) is 6.07 Å². The summed E-state index contributed by atoms with van der Waals surface area (Å²) in [6.07, 6.45) is -3.98. The molecule has 0 saturated carbocycles. The van der Waals surface area contributed by atoms with E-state index >= 15 is 0 Å². The minimum absolute atomic E-state index is 0.115. The molecule has 1 aromatic heterocycles. The number of furan rings is 1. The van der Waals surface area contributed by atoms with Crippen molar-refractivity contribution in [2.45, 2.75) is 25.6 Å². The van der Waals surface area contributed by atoms with Gasteiger partial charge in [-0.25, -0.2) is 0 Å². The maximum atomic E-state index is 12.7. The smallest absolute Gasteiger partial charge is 0.420 e. The highest BCUT2D eigenvalue weighted by molar-refractivity contribution is 5.81. The van der Waals surface area contributed by atoms with E-state index in [9.17, 15) is 13.2 Å². The van der Waals surface area contributed by atoms with Gasteiger partial charge in [-0.15, -0.1) is 0 Å². The first-order valence-electron chi connectivity index (χ1n) is 5.22. The molecule has 1 unspecified atom stereocenters. The van der Waals surface area contributed by atoms with E-state index in [4.69, 9.17) is 10.2 Å². The highest BCUT2D eigenvalue weighted by Crippen LogP contribution is 2.36. The molecular formula is C12H12F3NO. The number of halogens is 3. The predicted molar refractivity (Wildman–Crippen MR) is 58.6 cm³/mol. The van der Waals surface area contributed by atoms with Crippen LogP contribution in [0.3, 0.4) is 0 Å². The van der Waals surface area contributed by atoms with Crippen LogP contribution in [-0.2, 0) is 12.6 Å². The van der Waals surface area contributed by atoms with Crippen molar-refractivity contribution >= 4 is 11.0 Å². The number of alkyl halides is 3. The molecule has 2 rings (SSSR count). The summed E-state index contributed by atoms with van der Waals surface area (Å²) in [6, 6.07) is 5.44. The van der Waals surface area contributed by atoms with Crippen molar-refractivity contribution < 1.29 is 17.6 Å². The molecule has 2 N–H and O–H groups in total. The first-order chi connectivity index (χ1) is 7.88. The summed E-state index contributed by atoms with van der Waals surface area (Å²) >= 11 is 0. The molecule has 0 fully saturated rings. The monoisotopic (exact) mass is 243 g/mol. The van der Waals surface area contributed by atoms with E-state index in [2.05, 4.69) is 0 Å². The number of para-hydroxylation sites is 1. The maximum absolute atomic E-state index is 12.7. The fourth-order valence-electron chi connectivity index (χ4n) is 1.76. The fourth-order valence-corrected chi connectivity index (χ4v) is 1.76. The predicted octanol–water partition coefficient (Wildman–Crippen LogP) is 3.34. The molecule has 17 heavy (non-hydrogen) atoms. The van der Waals surface area contributed by atoms with Crippen LogP contribution in [0, 0.1) is 0 Å². The Bertz CT molecular complexity index is 528. The van der Waals surface area contributed by atoms with E-state index in [0.29, 0.717) is 17.6 Å². The molecule has 0 saturated heterocycles. The second kappa shape index (κ2) is 4.07. The van der Waals surface area contributed by atoms with Gasteiger partial charge in [0.15, 0.2) is 0 Å². The summed E-state index contributed by atoms with van der Waals surface area (Å²) in [5.41, 5.74) is 4.73. The minimum atomic E-state index is -4.40. The van der Waals surface area contributed by atoms with Crippen LogP contribution >= 0.6 is 0 Å². The van der Waals surface area contributed by atoms with E-state index in [-0.39, 0.29) is 11.6 Å². The third-order valence-corrected chi connectivity index (χ3v) is 2.42. The molecule has 1 aromatic carbocycles. The van der Waals surface area contributed by atoms with Crippen LogP contribution in [0.2, 0.25) is 0 Å². The third kappa shape index (κ3) is 2.44. The van der Waals surface area contributed by atoms with Crippen LogP contribution in [0.1, 0.15) is 18.2 Å². The maximum Gasteiger partial charge on any atom is 0.420 e. The molecule has 0 radical (unpaired) electrons. The Morgan fingerprint density at radius 3 is 2.65 bits per heavy atom. The molecule has 0 aliphatic rings. The Morgan fingerprint density at radius 2 is 2.06 bits per heavy atom. The molecule has 0 amide bonds. The zero-order chi connectivity index (χ0) is 12.6. The van der Waals surface area contributed by atoms with Crippen LogP contribution in [0.25, 0.3) is 11.0 Å². The molecule has 1 atom stereocenters. The Morgan fingerprint density at radius 1 is 1.35 bits per heavy atom. The first kappa shape index (κ1) is 12.0. The summed E-state index contributed by atoms with van der Waals surface area (Å²) in [5.74, 6) is 0.478. The lowest BCUT2D eigenvalue weighted by Crippen LogP contribution is -2.17. The molecule has 0 bridgehead atoms. The largest absolute Gasteiger partial charge is 0.460 e. The normalized spacial score (nSPS) is 14.2. The van der Waals surface area contributed by atoms with Crippen molar-refractivity contribution in [2.24, 2.45) is 5.73 Å². The zero-order valence-electron chi connectivity index (χ0n) is 9.21. The van der Waals surface area contributed by atoms with Crippen LogP contribution in [0.4, 0.5) is 13.2 Å². The summed E-state index contributed by atoms with van der Waals surface area (Å²) < 4.78 is 43.4. The van der Waals surface area contributed by atoms with E-state index in [0.717, 1.165) is 6.07 Å². The summed E-state index contributed by atoms with van der Waals surface area (Å²) in [7, 11) is 0. The molecule has 0 aliphatic heterocycles. The van der Waals surface area contributed by atoms with Gasteiger partial charge in [0.2, 0.25) is 0 Å². The number of benzene rings is 1. The van der Waals surface area contributed by atoms with Crippen LogP contribution in [-0.4, -0.2) is 6.04 Å². The van der Waals surface area contributed by atoms with Crippen LogP contribution < -0.4 is 5.73 Å². The quantitative estimate of drug-likeness (QED) is 0.878. The fraction of sp³-hybridized carbons (Fsp3) is 0.333. The third-order valence-electron chi connectivity index (χ3n) is 2.42. The van der Waals surface area contributed by atoms with Crippen molar-refractivity contribution in [3.63, 3.8) is 0 Å². The summed E-state index contributed by atoms with van der Waals surface area (Å²) in [5, 5.41) is 0.454.